The molecule has 168 valence electrons. The molecule has 0 saturated carbocycles. The Morgan fingerprint density at radius 3 is 2.47 bits per heavy atom. The molecule has 1 atom stereocenters. The Bertz CT molecular complexity index is 1030. The molecule has 1 fully saturated rings. The molecule has 2 aliphatic heterocycles. The molecule has 2 aliphatic rings. The molecule has 1 saturated heterocycles. The van der Waals surface area contributed by atoms with Crippen LogP contribution < -0.4 is 14.4 Å². The van der Waals surface area contributed by atoms with Gasteiger partial charge in [-0.15, -0.1) is 0 Å². The van der Waals surface area contributed by atoms with Crippen molar-refractivity contribution in [1.82, 2.24) is 4.90 Å². The summed E-state index contributed by atoms with van der Waals surface area (Å²) in [5.74, 6) is 1.10. The van der Waals surface area contributed by atoms with E-state index in [1.54, 1.807) is 19.2 Å². The second-order valence-electron chi connectivity index (χ2n) is 8.41. The fourth-order valence-corrected chi connectivity index (χ4v) is 4.42. The van der Waals surface area contributed by atoms with Gasteiger partial charge < -0.3 is 14.4 Å². The van der Waals surface area contributed by atoms with E-state index in [4.69, 9.17) is 9.47 Å². The lowest BCUT2D eigenvalue weighted by molar-refractivity contribution is -0.120. The normalized spacial score (nSPS) is 19.0. The summed E-state index contributed by atoms with van der Waals surface area (Å²) in [5.41, 5.74) is 2.13. The quantitative estimate of drug-likeness (QED) is 0.601. The van der Waals surface area contributed by atoms with Gasteiger partial charge in [-0.25, -0.2) is 4.90 Å². The molecule has 0 radical (unpaired) electrons. The molecule has 2 aromatic rings. The third-order valence-electron chi connectivity index (χ3n) is 5.98. The molecule has 0 bridgehead atoms. The van der Waals surface area contributed by atoms with Gasteiger partial charge in [0.1, 0.15) is 17.2 Å². The number of para-hydroxylation sites is 2. The van der Waals surface area contributed by atoms with E-state index in [-0.39, 0.29) is 11.8 Å². The molecule has 2 heterocycles. The van der Waals surface area contributed by atoms with E-state index < -0.39 is 0 Å². The summed E-state index contributed by atoms with van der Waals surface area (Å²) in [7, 11) is 1.61. The van der Waals surface area contributed by atoms with Crippen LogP contribution in [0, 0.1) is 5.92 Å². The van der Waals surface area contributed by atoms with E-state index in [1.807, 2.05) is 43.3 Å². The first-order valence-corrected chi connectivity index (χ1v) is 11.3. The molecule has 6 nitrogen and oxygen atoms in total. The number of amides is 2. The van der Waals surface area contributed by atoms with Crippen molar-refractivity contribution in [3.8, 4) is 11.5 Å². The highest BCUT2D eigenvalue weighted by Crippen LogP contribution is 2.40. The summed E-state index contributed by atoms with van der Waals surface area (Å²) in [6, 6.07) is 14.6. The number of methoxy groups -OCH3 is 1. The molecule has 0 N–H and O–H groups in total. The first-order valence-electron chi connectivity index (χ1n) is 11.3. The number of likely N-dealkylation sites (tertiary alicyclic amines) is 1. The van der Waals surface area contributed by atoms with E-state index in [0.717, 1.165) is 32.4 Å². The van der Waals surface area contributed by atoms with Crippen LogP contribution in [-0.4, -0.2) is 43.5 Å². The maximum absolute atomic E-state index is 13.8. The predicted molar refractivity (Wildman–Crippen MR) is 125 cm³/mol. The van der Waals surface area contributed by atoms with Gasteiger partial charge in [0.25, 0.3) is 11.8 Å². The van der Waals surface area contributed by atoms with Gasteiger partial charge in [0.05, 0.1) is 25.0 Å². The highest BCUT2D eigenvalue weighted by Gasteiger charge is 2.44. The van der Waals surface area contributed by atoms with Gasteiger partial charge in [-0.2, -0.15) is 0 Å². The minimum atomic E-state index is -0.319. The Labute approximate surface area is 189 Å². The van der Waals surface area contributed by atoms with Crippen molar-refractivity contribution >= 4 is 23.1 Å². The number of anilines is 1. The summed E-state index contributed by atoms with van der Waals surface area (Å²) < 4.78 is 11.1. The minimum Gasteiger partial charge on any atom is -0.497 e. The minimum absolute atomic E-state index is 0.289. The zero-order valence-corrected chi connectivity index (χ0v) is 19.0. The molecule has 0 spiro atoms. The van der Waals surface area contributed by atoms with Gasteiger partial charge in [-0.3, -0.25) is 9.59 Å². The molecule has 0 aromatic heterocycles. The van der Waals surface area contributed by atoms with Gasteiger partial charge in [-0.05, 0) is 55.0 Å². The monoisotopic (exact) mass is 434 g/mol. The second-order valence-corrected chi connectivity index (χ2v) is 8.41. The van der Waals surface area contributed by atoms with Crippen molar-refractivity contribution in [3.63, 3.8) is 0 Å². The van der Waals surface area contributed by atoms with Crippen LogP contribution >= 0.6 is 0 Å². The van der Waals surface area contributed by atoms with Gasteiger partial charge in [-0.1, -0.05) is 38.1 Å². The second kappa shape index (κ2) is 9.47. The van der Waals surface area contributed by atoms with E-state index in [9.17, 15) is 9.59 Å². The van der Waals surface area contributed by atoms with Gasteiger partial charge in [0.15, 0.2) is 0 Å². The van der Waals surface area contributed by atoms with Crippen LogP contribution in [0.1, 0.15) is 38.7 Å². The Morgan fingerprint density at radius 1 is 1.03 bits per heavy atom. The van der Waals surface area contributed by atoms with Crippen LogP contribution in [0.2, 0.25) is 0 Å². The fourth-order valence-electron chi connectivity index (χ4n) is 4.42. The highest BCUT2D eigenvalue weighted by atomic mass is 16.5. The largest absolute Gasteiger partial charge is 0.497 e. The summed E-state index contributed by atoms with van der Waals surface area (Å²) in [5, 5.41) is 0. The Kier molecular flexibility index (Phi) is 6.49. The van der Waals surface area contributed by atoms with Crippen LogP contribution in [0.15, 0.2) is 54.2 Å². The molecule has 2 amide bonds. The number of hydrogen-bond acceptors (Lipinski definition) is 5. The van der Waals surface area contributed by atoms with Crippen molar-refractivity contribution in [2.45, 2.75) is 33.1 Å². The van der Waals surface area contributed by atoms with E-state index in [2.05, 4.69) is 11.8 Å². The number of rotatable bonds is 7. The lowest BCUT2D eigenvalue weighted by atomic mass is 9.98. The average Bonchev–Trinajstić information content (AvgIpc) is 3.07. The van der Waals surface area contributed by atoms with Crippen LogP contribution in [0.25, 0.3) is 5.57 Å². The number of piperidine rings is 1. The first-order chi connectivity index (χ1) is 15.5. The Morgan fingerprint density at radius 2 is 1.78 bits per heavy atom. The lowest BCUT2D eigenvalue weighted by Gasteiger charge is -2.33. The average molecular weight is 435 g/mol. The van der Waals surface area contributed by atoms with Crippen LogP contribution in [0.5, 0.6) is 11.5 Å². The topological polar surface area (TPSA) is 59.1 Å². The third kappa shape index (κ3) is 4.09. The van der Waals surface area contributed by atoms with Crippen LogP contribution in [0.4, 0.5) is 5.69 Å². The number of benzene rings is 2. The van der Waals surface area contributed by atoms with E-state index in [1.165, 1.54) is 4.90 Å². The standard InChI is InChI=1S/C26H30N2O4/c1-4-16-32-22-10-6-5-9-21(22)28-25(29)23(19-11-13-20(31-3)14-12-19)24(26(28)30)27-15-7-8-18(2)17-27/h5-6,9-14,18H,4,7-8,15-17H2,1-3H3. The summed E-state index contributed by atoms with van der Waals surface area (Å²) >= 11 is 0. The molecule has 2 aromatic carbocycles. The summed E-state index contributed by atoms with van der Waals surface area (Å²) in [6.07, 6.45) is 2.96. The van der Waals surface area contributed by atoms with Crippen LogP contribution in [0.3, 0.4) is 0 Å². The molecule has 1 unspecified atom stereocenters. The molecular weight excluding hydrogens is 404 g/mol. The molecular formula is C26H30N2O4. The number of hydrogen-bond donors (Lipinski definition) is 0. The fraction of sp³-hybridized carbons (Fsp3) is 0.385. The highest BCUT2D eigenvalue weighted by molar-refractivity contribution is 6.45. The maximum atomic E-state index is 13.8. The number of nitrogens with zero attached hydrogens (tertiary/aromatic N) is 2. The van der Waals surface area contributed by atoms with E-state index >= 15 is 0 Å². The van der Waals surface area contributed by atoms with Gasteiger partial charge >= 0.3 is 0 Å². The van der Waals surface area contributed by atoms with Crippen molar-refractivity contribution in [3.05, 3.63) is 59.8 Å². The SMILES string of the molecule is CCCOc1ccccc1N1C(=O)C(c2ccc(OC)cc2)=C(N2CCCC(C)C2)C1=O. The maximum Gasteiger partial charge on any atom is 0.282 e. The lowest BCUT2D eigenvalue weighted by Crippen LogP contribution is -2.39. The summed E-state index contributed by atoms with van der Waals surface area (Å²) in [4.78, 5) is 30.9. The molecule has 0 aliphatic carbocycles. The number of carbonyl (C=O) groups is 2. The Hall–Kier alpha value is -3.28. The number of imide groups is 1. The van der Waals surface area contributed by atoms with Gasteiger partial charge in [0, 0.05) is 13.1 Å². The van der Waals surface area contributed by atoms with E-state index in [0.29, 0.717) is 46.5 Å². The Balaban J connectivity index is 1.80. The van der Waals surface area contributed by atoms with Gasteiger partial charge in [0.2, 0.25) is 0 Å². The summed E-state index contributed by atoms with van der Waals surface area (Å²) in [6.45, 7) is 6.25. The van der Waals surface area contributed by atoms with Crippen molar-refractivity contribution in [2.24, 2.45) is 5.92 Å². The van der Waals surface area contributed by atoms with Crippen molar-refractivity contribution in [1.29, 1.82) is 0 Å². The zero-order chi connectivity index (χ0) is 22.7. The molecule has 32 heavy (non-hydrogen) atoms. The third-order valence-corrected chi connectivity index (χ3v) is 5.98. The molecule has 4 rings (SSSR count). The van der Waals surface area contributed by atoms with Crippen LogP contribution in [-0.2, 0) is 9.59 Å². The molecule has 6 heteroatoms. The zero-order valence-electron chi connectivity index (χ0n) is 19.0. The van der Waals surface area contributed by atoms with Crippen molar-refractivity contribution in [2.75, 3.05) is 31.7 Å². The number of carbonyl (C=O) groups excluding carboxylic acids is 2. The smallest absolute Gasteiger partial charge is 0.282 e. The first kappa shape index (κ1) is 21.9. The predicted octanol–water partition coefficient (Wildman–Crippen LogP) is 4.50. The van der Waals surface area contributed by atoms with Crippen molar-refractivity contribution < 1.29 is 19.1 Å². The number of ether oxygens (including phenoxy) is 2.